The van der Waals surface area contributed by atoms with Gasteiger partial charge >= 0.3 is 0 Å². The van der Waals surface area contributed by atoms with Crippen molar-refractivity contribution in [1.29, 1.82) is 0 Å². The van der Waals surface area contributed by atoms with Crippen LogP contribution in [0.15, 0.2) is 47.6 Å². The maximum atomic E-state index is 3.45. The Morgan fingerprint density at radius 3 is 2.33 bits per heavy atom. The van der Waals surface area contributed by atoms with E-state index in [1.807, 2.05) is 13.8 Å². The van der Waals surface area contributed by atoms with Gasteiger partial charge in [-0.3, -0.25) is 0 Å². The van der Waals surface area contributed by atoms with Gasteiger partial charge in [0.25, 0.3) is 0 Å². The monoisotopic (exact) mass is 243 g/mol. The first kappa shape index (κ1) is 14.6. The number of aryl methyl sites for hydroxylation is 1. The van der Waals surface area contributed by atoms with Crippen LogP contribution in [-0.2, 0) is 0 Å². The number of hydrogen-bond donors (Lipinski definition) is 1. The number of benzene rings is 1. The fourth-order valence-electron chi connectivity index (χ4n) is 1.93. The topological polar surface area (TPSA) is 12.0 Å². The summed E-state index contributed by atoms with van der Waals surface area (Å²) in [5, 5.41) is 3.45. The van der Waals surface area contributed by atoms with Gasteiger partial charge in [-0.1, -0.05) is 49.3 Å². The van der Waals surface area contributed by atoms with Crippen LogP contribution in [0.5, 0.6) is 0 Å². The van der Waals surface area contributed by atoms with Crippen LogP contribution in [0.25, 0.3) is 0 Å². The Hall–Kier alpha value is -1.50. The van der Waals surface area contributed by atoms with E-state index in [-0.39, 0.29) is 0 Å². The summed E-state index contributed by atoms with van der Waals surface area (Å²) < 4.78 is 0. The van der Waals surface area contributed by atoms with E-state index < -0.39 is 0 Å². The molecule has 0 bridgehead atoms. The minimum Gasteiger partial charge on any atom is -0.381 e. The molecule has 0 aromatic heterocycles. The third kappa shape index (κ3) is 4.79. The number of allylic oxidation sites excluding steroid dienone is 2. The number of nitrogens with one attached hydrogen (secondary N) is 1. The van der Waals surface area contributed by atoms with E-state index in [1.54, 1.807) is 0 Å². The van der Waals surface area contributed by atoms with Crippen molar-refractivity contribution in [2.24, 2.45) is 0 Å². The first-order valence-corrected chi connectivity index (χ1v) is 6.91. The minimum absolute atomic E-state index is 0.931. The zero-order valence-corrected chi connectivity index (χ0v) is 12.1. The van der Waals surface area contributed by atoms with Gasteiger partial charge < -0.3 is 5.32 Å². The van der Waals surface area contributed by atoms with Gasteiger partial charge in [0.2, 0.25) is 0 Å². The van der Waals surface area contributed by atoms with E-state index in [1.165, 1.54) is 35.2 Å². The largest absolute Gasteiger partial charge is 0.381 e. The Morgan fingerprint density at radius 1 is 1.06 bits per heavy atom. The third-order valence-electron chi connectivity index (χ3n) is 2.93. The lowest BCUT2D eigenvalue weighted by Gasteiger charge is -2.12. The number of hydrogen-bond acceptors (Lipinski definition) is 1. The molecule has 1 N–H and O–H groups in total. The molecule has 0 radical (unpaired) electrons. The quantitative estimate of drug-likeness (QED) is 0.778. The molecule has 2 rings (SSSR count). The molecule has 0 fully saturated rings. The summed E-state index contributed by atoms with van der Waals surface area (Å²) in [5.74, 6) is 0. The van der Waals surface area contributed by atoms with Crippen LogP contribution in [-0.4, -0.2) is 6.54 Å². The lowest BCUT2D eigenvalue weighted by Crippen LogP contribution is -2.05. The average Bonchev–Trinajstić information content (AvgIpc) is 2.41. The Labute approximate surface area is 112 Å². The van der Waals surface area contributed by atoms with E-state index in [0.717, 1.165) is 6.54 Å². The second-order valence-corrected chi connectivity index (χ2v) is 4.53. The predicted molar refractivity (Wildman–Crippen MR) is 82.1 cm³/mol. The van der Waals surface area contributed by atoms with Crippen molar-refractivity contribution in [2.75, 3.05) is 11.9 Å². The minimum atomic E-state index is 0.931. The molecule has 1 aromatic carbocycles. The summed E-state index contributed by atoms with van der Waals surface area (Å²) in [5.41, 5.74) is 5.40. The Kier molecular flexibility index (Phi) is 6.27. The fourth-order valence-corrected chi connectivity index (χ4v) is 1.93. The molecule has 0 heterocycles. The lowest BCUT2D eigenvalue weighted by atomic mass is 10.0. The molecule has 1 aromatic rings. The zero-order valence-electron chi connectivity index (χ0n) is 12.1. The SMILES string of the molecule is CC.CC1=CC(CNc2ccc(C)cc2)=CCC1. The Bertz CT molecular complexity index is 410. The van der Waals surface area contributed by atoms with Crippen LogP contribution >= 0.6 is 0 Å². The van der Waals surface area contributed by atoms with Gasteiger partial charge in [0.1, 0.15) is 0 Å². The van der Waals surface area contributed by atoms with Crippen molar-refractivity contribution >= 4 is 5.69 Å². The van der Waals surface area contributed by atoms with E-state index in [4.69, 9.17) is 0 Å². The first-order chi connectivity index (χ1) is 8.74. The van der Waals surface area contributed by atoms with Gasteiger partial charge in [-0.05, 0) is 44.4 Å². The lowest BCUT2D eigenvalue weighted by molar-refractivity contribution is 0.938. The smallest absolute Gasteiger partial charge is 0.0397 e. The van der Waals surface area contributed by atoms with E-state index >= 15 is 0 Å². The fraction of sp³-hybridized carbons (Fsp3) is 0.412. The average molecular weight is 243 g/mol. The Balaban J connectivity index is 0.000000771. The van der Waals surface area contributed by atoms with Gasteiger partial charge in [-0.15, -0.1) is 0 Å². The highest BCUT2D eigenvalue weighted by Gasteiger charge is 2.01. The van der Waals surface area contributed by atoms with Crippen molar-refractivity contribution in [2.45, 2.75) is 40.5 Å². The second-order valence-electron chi connectivity index (χ2n) is 4.53. The van der Waals surface area contributed by atoms with E-state index in [2.05, 4.69) is 55.6 Å². The van der Waals surface area contributed by atoms with Crippen molar-refractivity contribution in [3.8, 4) is 0 Å². The maximum absolute atomic E-state index is 3.45. The van der Waals surface area contributed by atoms with Gasteiger partial charge in [0.05, 0.1) is 0 Å². The first-order valence-electron chi connectivity index (χ1n) is 6.91. The molecule has 0 unspecified atom stereocenters. The normalized spacial score (nSPS) is 14.0. The molecule has 0 aliphatic heterocycles. The molecule has 18 heavy (non-hydrogen) atoms. The molecule has 1 aliphatic carbocycles. The number of anilines is 1. The second kappa shape index (κ2) is 7.75. The molecular weight excluding hydrogens is 218 g/mol. The molecule has 0 saturated heterocycles. The van der Waals surface area contributed by atoms with Crippen molar-refractivity contribution < 1.29 is 0 Å². The van der Waals surface area contributed by atoms with Gasteiger partial charge in [0.15, 0.2) is 0 Å². The van der Waals surface area contributed by atoms with Crippen LogP contribution in [0.1, 0.15) is 39.2 Å². The van der Waals surface area contributed by atoms with Crippen LogP contribution in [0.3, 0.4) is 0 Å². The molecular formula is C17H25N. The van der Waals surface area contributed by atoms with Gasteiger partial charge in [0, 0.05) is 12.2 Å². The van der Waals surface area contributed by atoms with Gasteiger partial charge in [-0.25, -0.2) is 0 Å². The zero-order chi connectivity index (χ0) is 13.4. The van der Waals surface area contributed by atoms with E-state index in [9.17, 15) is 0 Å². The van der Waals surface area contributed by atoms with Crippen molar-refractivity contribution in [3.63, 3.8) is 0 Å². The maximum Gasteiger partial charge on any atom is 0.0397 e. The van der Waals surface area contributed by atoms with Crippen LogP contribution < -0.4 is 5.32 Å². The van der Waals surface area contributed by atoms with Crippen LogP contribution in [0.2, 0.25) is 0 Å². The molecule has 1 nitrogen and oxygen atoms in total. The van der Waals surface area contributed by atoms with Crippen LogP contribution in [0.4, 0.5) is 5.69 Å². The predicted octanol–water partition coefficient (Wildman–Crippen LogP) is 5.10. The summed E-state index contributed by atoms with van der Waals surface area (Å²) in [6.07, 6.45) is 7.03. The Morgan fingerprint density at radius 2 is 1.72 bits per heavy atom. The molecule has 0 amide bonds. The van der Waals surface area contributed by atoms with Crippen molar-refractivity contribution in [1.82, 2.24) is 0 Å². The summed E-state index contributed by atoms with van der Waals surface area (Å²) in [6.45, 7) is 9.25. The molecule has 0 atom stereocenters. The molecule has 0 saturated carbocycles. The molecule has 1 aliphatic rings. The highest BCUT2D eigenvalue weighted by molar-refractivity contribution is 5.46. The molecule has 1 heteroatoms. The van der Waals surface area contributed by atoms with E-state index in [0.29, 0.717) is 0 Å². The summed E-state index contributed by atoms with van der Waals surface area (Å²) in [4.78, 5) is 0. The third-order valence-corrected chi connectivity index (χ3v) is 2.93. The highest BCUT2D eigenvalue weighted by Crippen LogP contribution is 2.17. The van der Waals surface area contributed by atoms with Crippen LogP contribution in [0, 0.1) is 6.92 Å². The molecule has 98 valence electrons. The highest BCUT2D eigenvalue weighted by atomic mass is 14.9. The summed E-state index contributed by atoms with van der Waals surface area (Å²) in [6, 6.07) is 8.54. The number of rotatable bonds is 3. The molecule has 0 spiro atoms. The summed E-state index contributed by atoms with van der Waals surface area (Å²) >= 11 is 0. The van der Waals surface area contributed by atoms with Gasteiger partial charge in [-0.2, -0.15) is 0 Å². The van der Waals surface area contributed by atoms with Crippen molar-refractivity contribution in [3.05, 3.63) is 53.1 Å². The summed E-state index contributed by atoms with van der Waals surface area (Å²) in [7, 11) is 0. The standard InChI is InChI=1S/C15H19N.C2H6/c1-12-6-8-15(9-7-12)16-11-14-5-3-4-13(2)10-14;1-2/h5-10,16H,3-4,11H2,1-2H3;1-2H3.